The third-order valence-electron chi connectivity index (χ3n) is 4.33. The molecule has 0 atom stereocenters. The predicted molar refractivity (Wildman–Crippen MR) is 85.9 cm³/mol. The van der Waals surface area contributed by atoms with Gasteiger partial charge in [0.1, 0.15) is 0 Å². The number of aryl methyl sites for hydroxylation is 2. The number of nitrogens with one attached hydrogen (secondary N) is 1. The van der Waals surface area contributed by atoms with Crippen molar-refractivity contribution in [2.75, 3.05) is 25.3 Å². The first-order valence-electron chi connectivity index (χ1n) is 6.85. The number of hydrogen-bond donors (Lipinski definition) is 1. The molecule has 1 amide bonds. The minimum atomic E-state index is -1.21. The van der Waals surface area contributed by atoms with Crippen molar-refractivity contribution in [1.82, 2.24) is 0 Å². The first-order valence-corrected chi connectivity index (χ1v) is 9.99. The summed E-state index contributed by atoms with van der Waals surface area (Å²) in [6, 6.07) is 5.80. The Hall–Kier alpha value is -1.39. The van der Waals surface area contributed by atoms with Crippen LogP contribution in [0.1, 0.15) is 29.5 Å². The Morgan fingerprint density at radius 3 is 2.10 bits per heavy atom. The predicted octanol–water partition coefficient (Wildman–Crippen LogP) is 3.55. The molecule has 0 bridgehead atoms. The Bertz CT molecular complexity index is 581. The maximum atomic E-state index is 12.7. The van der Waals surface area contributed by atoms with Crippen LogP contribution in [0.25, 0.3) is 0 Å². The van der Waals surface area contributed by atoms with Gasteiger partial charge in [-0.1, -0.05) is 0 Å². The van der Waals surface area contributed by atoms with E-state index >= 15 is 0 Å². The van der Waals surface area contributed by atoms with Crippen molar-refractivity contribution >= 4 is 18.9 Å². The molecule has 1 aliphatic rings. The van der Waals surface area contributed by atoms with Crippen molar-refractivity contribution in [3.05, 3.63) is 28.8 Å². The van der Waals surface area contributed by atoms with Crippen LogP contribution in [-0.2, 0) is 4.79 Å². The lowest BCUT2D eigenvalue weighted by atomic mass is 10.0. The molecule has 1 fully saturated rings. The van der Waals surface area contributed by atoms with Crippen LogP contribution < -0.4 is 5.32 Å². The van der Waals surface area contributed by atoms with E-state index in [1.54, 1.807) is 0 Å². The minimum absolute atomic E-state index is 0.125. The summed E-state index contributed by atoms with van der Waals surface area (Å²) < 4.78 is 0. The highest BCUT2D eigenvalue weighted by atomic mass is 31.2. The lowest BCUT2D eigenvalue weighted by Gasteiger charge is -2.24. The average Bonchev–Trinajstić information content (AvgIpc) is 3.13. The van der Waals surface area contributed by atoms with E-state index in [9.17, 15) is 4.79 Å². The van der Waals surface area contributed by atoms with Gasteiger partial charge in [0.05, 0.1) is 11.6 Å². The van der Waals surface area contributed by atoms with Gasteiger partial charge in [-0.15, -0.1) is 0 Å². The molecule has 0 heterocycles. The Balaban J connectivity index is 2.28. The Labute approximate surface area is 121 Å². The van der Waals surface area contributed by atoms with Crippen molar-refractivity contribution in [2.45, 2.75) is 31.8 Å². The Morgan fingerprint density at radius 2 is 1.75 bits per heavy atom. The molecule has 1 aromatic rings. The third-order valence-corrected chi connectivity index (χ3v) is 7.55. The molecule has 20 heavy (non-hydrogen) atoms. The lowest BCUT2D eigenvalue weighted by Crippen LogP contribution is -2.32. The van der Waals surface area contributed by atoms with Gasteiger partial charge in [0.15, 0.2) is 5.16 Å². The van der Waals surface area contributed by atoms with Gasteiger partial charge in [-0.2, -0.15) is 5.26 Å². The molecule has 4 heteroatoms. The summed E-state index contributed by atoms with van der Waals surface area (Å²) >= 11 is 0. The molecule has 1 aromatic carbocycles. The van der Waals surface area contributed by atoms with Gasteiger partial charge in [-0.3, -0.25) is 4.79 Å². The van der Waals surface area contributed by atoms with Gasteiger partial charge >= 0.3 is 0 Å². The third kappa shape index (κ3) is 2.45. The fourth-order valence-electron chi connectivity index (χ4n) is 2.78. The quantitative estimate of drug-likeness (QED) is 0.865. The second-order valence-electron chi connectivity index (χ2n) is 6.60. The number of amides is 1. The van der Waals surface area contributed by atoms with E-state index < -0.39 is 7.26 Å². The van der Waals surface area contributed by atoms with Crippen LogP contribution in [0, 0.1) is 25.2 Å². The zero-order chi connectivity index (χ0) is 15.1. The highest BCUT2D eigenvalue weighted by Crippen LogP contribution is 2.71. The van der Waals surface area contributed by atoms with Gasteiger partial charge in [-0.05, 0) is 37.1 Å². The van der Waals surface area contributed by atoms with Crippen molar-refractivity contribution in [2.24, 2.45) is 0 Å². The molecule has 0 aliphatic heterocycles. The van der Waals surface area contributed by atoms with E-state index in [0.717, 1.165) is 29.7 Å². The smallest absolute Gasteiger partial charge is 0.268 e. The first kappa shape index (κ1) is 15.0. The fraction of sp³-hybridized carbons (Fsp3) is 0.500. The minimum Gasteiger partial charge on any atom is -0.322 e. The lowest BCUT2D eigenvalue weighted by molar-refractivity contribution is -0.116. The number of nitriles is 1. The average molecular weight is 289 g/mol. The molecule has 0 unspecified atom stereocenters. The van der Waals surface area contributed by atoms with E-state index in [-0.39, 0.29) is 11.1 Å². The fourth-order valence-corrected chi connectivity index (χ4v) is 4.89. The zero-order valence-corrected chi connectivity index (χ0v) is 13.8. The molecular formula is C16H22N2OP+. The van der Waals surface area contributed by atoms with Crippen LogP contribution >= 0.6 is 7.26 Å². The summed E-state index contributed by atoms with van der Waals surface area (Å²) in [6.45, 7) is 10.6. The Morgan fingerprint density at radius 1 is 1.25 bits per heavy atom. The number of rotatable bonds is 3. The van der Waals surface area contributed by atoms with E-state index in [2.05, 4.69) is 31.4 Å². The highest BCUT2D eigenvalue weighted by Gasteiger charge is 2.64. The molecule has 1 N–H and O–H groups in total. The summed E-state index contributed by atoms with van der Waals surface area (Å²) in [6.07, 6.45) is 2.01. The number of carbonyl (C=O) groups excluding carboxylic acids is 1. The summed E-state index contributed by atoms with van der Waals surface area (Å²) in [4.78, 5) is 12.7. The van der Waals surface area contributed by atoms with Crippen molar-refractivity contribution in [3.8, 4) is 6.07 Å². The van der Waals surface area contributed by atoms with E-state index in [1.807, 2.05) is 26.0 Å². The summed E-state index contributed by atoms with van der Waals surface area (Å²) in [5.74, 6) is 0.161. The molecule has 2 rings (SSSR count). The second kappa shape index (κ2) is 4.86. The van der Waals surface area contributed by atoms with E-state index in [0.29, 0.717) is 5.56 Å². The van der Waals surface area contributed by atoms with Gasteiger partial charge in [0.2, 0.25) is 0 Å². The van der Waals surface area contributed by atoms with Crippen LogP contribution in [0.15, 0.2) is 12.1 Å². The van der Waals surface area contributed by atoms with Crippen LogP contribution in [-0.4, -0.2) is 31.1 Å². The molecule has 1 aliphatic carbocycles. The maximum Gasteiger partial charge on any atom is 0.268 e. The number of benzene rings is 1. The number of nitrogens with zero attached hydrogens (tertiary/aromatic N) is 1. The van der Waals surface area contributed by atoms with Crippen LogP contribution in [0.4, 0.5) is 5.69 Å². The van der Waals surface area contributed by atoms with Crippen LogP contribution in [0.5, 0.6) is 0 Å². The van der Waals surface area contributed by atoms with Crippen LogP contribution in [0.2, 0.25) is 0 Å². The van der Waals surface area contributed by atoms with Crippen molar-refractivity contribution in [1.29, 1.82) is 5.26 Å². The largest absolute Gasteiger partial charge is 0.322 e. The normalized spacial score (nSPS) is 16.4. The first-order chi connectivity index (χ1) is 9.21. The molecule has 3 nitrogen and oxygen atoms in total. The molecule has 0 spiro atoms. The van der Waals surface area contributed by atoms with Crippen molar-refractivity contribution in [3.63, 3.8) is 0 Å². The van der Waals surface area contributed by atoms with Crippen LogP contribution in [0.3, 0.4) is 0 Å². The topological polar surface area (TPSA) is 52.9 Å². The zero-order valence-electron chi connectivity index (χ0n) is 12.9. The standard InChI is InChI=1S/C16H21N2OP/c1-11-8-13(10-17)9-12(2)14(11)18-15(19)16(6-7-16)20(3,4)5/h8-9H,6-7H2,1-5H3/p+1. The summed E-state index contributed by atoms with van der Waals surface area (Å²) in [5, 5.41) is 12.0. The van der Waals surface area contributed by atoms with Gasteiger partial charge in [-0.25, -0.2) is 0 Å². The number of carbonyl (C=O) groups is 1. The summed E-state index contributed by atoms with van der Waals surface area (Å²) in [5.41, 5.74) is 3.42. The Kier molecular flexibility index (Phi) is 3.65. The number of anilines is 1. The van der Waals surface area contributed by atoms with Gasteiger partial charge in [0, 0.05) is 45.8 Å². The molecule has 0 aromatic heterocycles. The SMILES string of the molecule is Cc1cc(C#N)cc(C)c1NC(=O)C1([P+](C)(C)C)CC1. The summed E-state index contributed by atoms with van der Waals surface area (Å²) in [7, 11) is -1.21. The van der Waals surface area contributed by atoms with Gasteiger partial charge in [0.25, 0.3) is 5.91 Å². The molecule has 0 radical (unpaired) electrons. The van der Waals surface area contributed by atoms with E-state index in [1.165, 1.54) is 0 Å². The molecular weight excluding hydrogens is 267 g/mol. The van der Waals surface area contributed by atoms with Gasteiger partial charge < -0.3 is 5.32 Å². The highest BCUT2D eigenvalue weighted by molar-refractivity contribution is 7.76. The molecule has 106 valence electrons. The second-order valence-corrected chi connectivity index (χ2v) is 11.5. The van der Waals surface area contributed by atoms with E-state index in [4.69, 9.17) is 5.26 Å². The monoisotopic (exact) mass is 289 g/mol. The van der Waals surface area contributed by atoms with Crippen molar-refractivity contribution < 1.29 is 4.79 Å². The molecule has 0 saturated heterocycles. The number of hydrogen-bond acceptors (Lipinski definition) is 2. The maximum absolute atomic E-state index is 12.7. The molecule has 1 saturated carbocycles.